The van der Waals surface area contributed by atoms with Gasteiger partial charge in [-0.25, -0.2) is 13.6 Å². The number of hydrogen-bond donors (Lipinski definition) is 1. The van der Waals surface area contributed by atoms with Gasteiger partial charge in [0, 0.05) is 37.3 Å². The van der Waals surface area contributed by atoms with Crippen molar-refractivity contribution in [1.29, 1.82) is 5.26 Å². The minimum absolute atomic E-state index is 0.0663. The Hall–Kier alpha value is -2.20. The van der Waals surface area contributed by atoms with Gasteiger partial charge >= 0.3 is 6.09 Å². The fourth-order valence-corrected chi connectivity index (χ4v) is 3.22. The molecule has 1 aromatic carbocycles. The van der Waals surface area contributed by atoms with Crippen molar-refractivity contribution >= 4 is 6.09 Å². The second kappa shape index (κ2) is 7.36. The van der Waals surface area contributed by atoms with E-state index in [2.05, 4.69) is 4.90 Å². The van der Waals surface area contributed by atoms with Crippen molar-refractivity contribution in [2.24, 2.45) is 0 Å². The summed E-state index contributed by atoms with van der Waals surface area (Å²) in [7, 11) is 0. The summed E-state index contributed by atoms with van der Waals surface area (Å²) >= 11 is 0. The van der Waals surface area contributed by atoms with Crippen molar-refractivity contribution in [2.75, 3.05) is 26.2 Å². The van der Waals surface area contributed by atoms with E-state index in [0.717, 1.165) is 6.07 Å². The normalized spacial score (nSPS) is 17.2. The van der Waals surface area contributed by atoms with E-state index in [1.165, 1.54) is 17.9 Å². The molecule has 0 saturated carbocycles. The topological polar surface area (TPSA) is 67.6 Å². The zero-order valence-electron chi connectivity index (χ0n) is 14.7. The lowest BCUT2D eigenvalue weighted by Gasteiger charge is -2.43. The number of carboxylic acid groups (broad SMARTS) is 1. The van der Waals surface area contributed by atoms with E-state index in [9.17, 15) is 13.6 Å². The number of amides is 1. The smallest absolute Gasteiger partial charge is 0.407 e. The summed E-state index contributed by atoms with van der Waals surface area (Å²) in [6.45, 7) is 7.30. The van der Waals surface area contributed by atoms with Crippen LogP contribution in [0, 0.1) is 23.0 Å². The van der Waals surface area contributed by atoms with Gasteiger partial charge in [0.05, 0.1) is 12.0 Å². The first-order chi connectivity index (χ1) is 11.7. The third kappa shape index (κ3) is 4.26. The molecule has 1 N–H and O–H groups in total. The molecule has 1 amide bonds. The maximum atomic E-state index is 14.4. The highest BCUT2D eigenvalue weighted by atomic mass is 19.1. The Balaban J connectivity index is 2.14. The Morgan fingerprint density at radius 1 is 1.28 bits per heavy atom. The molecule has 5 nitrogen and oxygen atoms in total. The lowest BCUT2D eigenvalue weighted by Crippen LogP contribution is -2.56. The van der Waals surface area contributed by atoms with Crippen LogP contribution in [0.2, 0.25) is 0 Å². The molecule has 0 radical (unpaired) electrons. The Bertz CT molecular complexity index is 692. The molecule has 7 heteroatoms. The first-order valence-electron chi connectivity index (χ1n) is 8.26. The first kappa shape index (κ1) is 19.1. The minimum atomic E-state index is -0.937. The molecule has 1 aromatic rings. The lowest BCUT2D eigenvalue weighted by molar-refractivity contribution is 0.0510. The van der Waals surface area contributed by atoms with Crippen LogP contribution in [0.25, 0.3) is 0 Å². The highest BCUT2D eigenvalue weighted by Gasteiger charge is 2.32. The zero-order chi connectivity index (χ0) is 18.8. The SMILES string of the molecule is CC(C#N)c1cc(F)c(CC(C)(C)N2CCN(C(=O)O)CC2)cc1F. The van der Waals surface area contributed by atoms with E-state index in [1.54, 1.807) is 0 Å². The Morgan fingerprint density at radius 3 is 2.40 bits per heavy atom. The van der Waals surface area contributed by atoms with Crippen molar-refractivity contribution in [1.82, 2.24) is 9.80 Å². The third-order valence-electron chi connectivity index (χ3n) is 4.86. The molecular formula is C18H23F2N3O2. The van der Waals surface area contributed by atoms with Crippen LogP contribution in [-0.4, -0.2) is 52.7 Å². The summed E-state index contributed by atoms with van der Waals surface area (Å²) in [5.41, 5.74) is -0.117. The number of hydrogen-bond acceptors (Lipinski definition) is 3. The monoisotopic (exact) mass is 351 g/mol. The maximum absolute atomic E-state index is 14.4. The average molecular weight is 351 g/mol. The largest absolute Gasteiger partial charge is 0.465 e. The van der Waals surface area contributed by atoms with Gasteiger partial charge in [0.25, 0.3) is 0 Å². The standard InChI is InChI=1S/C18H23F2N3O2/c1-12(11-21)14-9-15(19)13(8-16(14)20)10-18(2,3)23-6-4-22(5-7-23)17(24)25/h8-9,12H,4-7,10H2,1-3H3,(H,24,25). The molecule has 1 aliphatic heterocycles. The van der Waals surface area contributed by atoms with Gasteiger partial charge in [-0.2, -0.15) is 5.26 Å². The predicted molar refractivity (Wildman–Crippen MR) is 89.3 cm³/mol. The molecular weight excluding hydrogens is 328 g/mol. The molecule has 1 fully saturated rings. The molecule has 0 aromatic heterocycles. The summed E-state index contributed by atoms with van der Waals surface area (Å²) in [6.07, 6.45) is -0.642. The highest BCUT2D eigenvalue weighted by Crippen LogP contribution is 2.27. The third-order valence-corrected chi connectivity index (χ3v) is 4.86. The summed E-state index contributed by atoms with van der Waals surface area (Å²) in [5.74, 6) is -1.80. The molecule has 1 aliphatic rings. The fourth-order valence-electron chi connectivity index (χ4n) is 3.22. The van der Waals surface area contributed by atoms with Gasteiger partial charge in [-0.1, -0.05) is 0 Å². The van der Waals surface area contributed by atoms with Crippen molar-refractivity contribution < 1.29 is 18.7 Å². The van der Waals surface area contributed by atoms with Crippen LogP contribution in [0.5, 0.6) is 0 Å². The molecule has 0 spiro atoms. The van der Waals surface area contributed by atoms with Gasteiger partial charge in [0.2, 0.25) is 0 Å². The van der Waals surface area contributed by atoms with Crippen LogP contribution < -0.4 is 0 Å². The van der Waals surface area contributed by atoms with Crippen LogP contribution in [0.1, 0.15) is 37.8 Å². The number of carbonyl (C=O) groups is 1. The second-order valence-corrected chi connectivity index (χ2v) is 7.06. The quantitative estimate of drug-likeness (QED) is 0.904. The first-order valence-corrected chi connectivity index (χ1v) is 8.26. The van der Waals surface area contributed by atoms with Gasteiger partial charge in [-0.05, 0) is 44.9 Å². The second-order valence-electron chi connectivity index (χ2n) is 7.06. The fraction of sp³-hybridized carbons (Fsp3) is 0.556. The molecule has 2 rings (SSSR count). The Kier molecular flexibility index (Phi) is 5.63. The maximum Gasteiger partial charge on any atom is 0.407 e. The van der Waals surface area contributed by atoms with Crippen molar-refractivity contribution in [3.63, 3.8) is 0 Å². The van der Waals surface area contributed by atoms with Crippen LogP contribution in [-0.2, 0) is 6.42 Å². The van der Waals surface area contributed by atoms with Crippen LogP contribution in [0.4, 0.5) is 13.6 Å². The number of rotatable bonds is 4. The van der Waals surface area contributed by atoms with Crippen molar-refractivity contribution in [2.45, 2.75) is 38.6 Å². The number of halogens is 2. The molecule has 0 aliphatic carbocycles. The number of piperazine rings is 1. The summed E-state index contributed by atoms with van der Waals surface area (Å²) in [6, 6.07) is 4.20. The van der Waals surface area contributed by atoms with E-state index in [1.807, 2.05) is 19.9 Å². The van der Waals surface area contributed by atoms with Crippen molar-refractivity contribution in [3.05, 3.63) is 34.9 Å². The van der Waals surface area contributed by atoms with E-state index in [-0.39, 0.29) is 11.1 Å². The summed E-state index contributed by atoms with van der Waals surface area (Å²) in [4.78, 5) is 14.4. The minimum Gasteiger partial charge on any atom is -0.465 e. The van der Waals surface area contributed by atoms with Gasteiger partial charge in [0.1, 0.15) is 11.6 Å². The van der Waals surface area contributed by atoms with Crippen LogP contribution in [0.15, 0.2) is 12.1 Å². The summed E-state index contributed by atoms with van der Waals surface area (Å²) in [5, 5.41) is 17.9. The van der Waals surface area contributed by atoms with E-state index in [4.69, 9.17) is 10.4 Å². The van der Waals surface area contributed by atoms with Crippen LogP contribution in [0.3, 0.4) is 0 Å². The van der Waals surface area contributed by atoms with Gasteiger partial charge in [-0.15, -0.1) is 0 Å². The predicted octanol–water partition coefficient (Wildman–Crippen LogP) is 3.21. The highest BCUT2D eigenvalue weighted by molar-refractivity contribution is 5.65. The van der Waals surface area contributed by atoms with E-state index in [0.29, 0.717) is 32.6 Å². The molecule has 1 atom stereocenters. The molecule has 1 saturated heterocycles. The Morgan fingerprint density at radius 2 is 1.88 bits per heavy atom. The molecule has 25 heavy (non-hydrogen) atoms. The van der Waals surface area contributed by atoms with Crippen LogP contribution >= 0.6 is 0 Å². The molecule has 136 valence electrons. The van der Waals surface area contributed by atoms with Gasteiger partial charge in [-0.3, -0.25) is 4.90 Å². The number of benzene rings is 1. The zero-order valence-corrected chi connectivity index (χ0v) is 14.7. The van der Waals surface area contributed by atoms with Gasteiger partial charge in [0.15, 0.2) is 0 Å². The number of nitriles is 1. The molecule has 1 heterocycles. The van der Waals surface area contributed by atoms with Gasteiger partial charge < -0.3 is 10.0 Å². The molecule has 1 unspecified atom stereocenters. The molecule has 0 bridgehead atoms. The number of nitrogens with zero attached hydrogens (tertiary/aromatic N) is 3. The summed E-state index contributed by atoms with van der Waals surface area (Å²) < 4.78 is 28.6. The van der Waals surface area contributed by atoms with E-state index < -0.39 is 29.2 Å². The average Bonchev–Trinajstić information content (AvgIpc) is 2.57. The Labute approximate surface area is 146 Å². The lowest BCUT2D eigenvalue weighted by atomic mass is 9.90. The van der Waals surface area contributed by atoms with Crippen molar-refractivity contribution in [3.8, 4) is 6.07 Å². The van der Waals surface area contributed by atoms with E-state index >= 15 is 0 Å².